The lowest BCUT2D eigenvalue weighted by atomic mass is 10.00. The normalized spacial score (nSPS) is 10.9. The zero-order chi connectivity index (χ0) is 19.0. The van der Waals surface area contributed by atoms with Crippen LogP contribution < -0.4 is 5.32 Å². The van der Waals surface area contributed by atoms with Crippen molar-refractivity contribution in [2.45, 2.75) is 6.92 Å². The van der Waals surface area contributed by atoms with Gasteiger partial charge in [0.1, 0.15) is 10.4 Å². The van der Waals surface area contributed by atoms with E-state index in [9.17, 15) is 9.18 Å². The highest BCUT2D eigenvalue weighted by atomic mass is 79.9. The van der Waals surface area contributed by atoms with Crippen LogP contribution >= 0.6 is 15.9 Å². The fourth-order valence-corrected chi connectivity index (χ4v) is 3.22. The third-order valence-electron chi connectivity index (χ3n) is 4.26. The van der Waals surface area contributed by atoms with Gasteiger partial charge in [-0.15, -0.1) is 0 Å². The molecular weight excluding hydrogens is 411 g/mol. The maximum Gasteiger partial charge on any atom is 0.255 e. The first-order valence-corrected chi connectivity index (χ1v) is 8.98. The second-order valence-corrected chi connectivity index (χ2v) is 6.86. The molecule has 0 aliphatic carbocycles. The number of rotatable bonds is 3. The van der Waals surface area contributed by atoms with Crippen molar-refractivity contribution in [2.75, 3.05) is 5.32 Å². The van der Waals surface area contributed by atoms with Crippen LogP contribution in [0.2, 0.25) is 0 Å². The number of anilines is 1. The highest BCUT2D eigenvalue weighted by Gasteiger charge is 2.14. The first-order chi connectivity index (χ1) is 13.0. The number of aryl methyl sites for hydroxylation is 1. The fourth-order valence-electron chi connectivity index (χ4n) is 2.86. The van der Waals surface area contributed by atoms with Crippen LogP contribution in [0.5, 0.6) is 0 Å². The van der Waals surface area contributed by atoms with E-state index in [1.807, 2.05) is 31.2 Å². The molecule has 0 saturated heterocycles. The topological polar surface area (TPSA) is 59.3 Å². The molecule has 0 fully saturated rings. The first kappa shape index (κ1) is 17.4. The van der Waals surface area contributed by atoms with Gasteiger partial charge >= 0.3 is 0 Å². The third kappa shape index (κ3) is 3.33. The van der Waals surface area contributed by atoms with Gasteiger partial charge in [-0.05, 0) is 70.4 Å². The summed E-state index contributed by atoms with van der Waals surface area (Å²) in [5, 5.41) is 7.06. The molecule has 1 amide bonds. The summed E-state index contributed by atoms with van der Waals surface area (Å²) < 4.78 is 15.5. The van der Waals surface area contributed by atoms with Crippen LogP contribution in [0.15, 0.2) is 65.5 Å². The molecular formula is C20H14BrFN4O. The maximum absolute atomic E-state index is 13.1. The smallest absolute Gasteiger partial charge is 0.255 e. The van der Waals surface area contributed by atoms with Gasteiger partial charge in [-0.3, -0.25) is 4.79 Å². The molecule has 0 bridgehead atoms. The van der Waals surface area contributed by atoms with Crippen molar-refractivity contribution in [1.29, 1.82) is 0 Å². The van der Waals surface area contributed by atoms with E-state index in [2.05, 4.69) is 31.3 Å². The number of halogens is 2. The average molecular weight is 425 g/mol. The minimum Gasteiger partial charge on any atom is -0.322 e. The zero-order valence-electron chi connectivity index (χ0n) is 14.3. The molecule has 7 heteroatoms. The number of fused-ring (bicyclic) bond motifs is 1. The molecule has 2 aromatic carbocycles. The number of aromatic nitrogens is 3. The standard InChI is InChI=1S/C20H14BrFN4O/c1-12-2-3-13(16-8-9-24-26-18(21)11-23-19(16)26)10-17(12)20(27)25-15-6-4-14(22)5-7-15/h2-11H,1H3,(H,25,27). The van der Waals surface area contributed by atoms with Crippen molar-refractivity contribution >= 4 is 33.2 Å². The summed E-state index contributed by atoms with van der Waals surface area (Å²) in [6.45, 7) is 1.87. The number of carbonyl (C=O) groups is 1. The van der Waals surface area contributed by atoms with Gasteiger partial charge < -0.3 is 5.32 Å². The van der Waals surface area contributed by atoms with E-state index < -0.39 is 0 Å². The van der Waals surface area contributed by atoms with E-state index in [0.29, 0.717) is 16.9 Å². The van der Waals surface area contributed by atoms with Gasteiger partial charge in [0.2, 0.25) is 0 Å². The van der Waals surface area contributed by atoms with Gasteiger partial charge in [-0.1, -0.05) is 12.1 Å². The SMILES string of the molecule is Cc1ccc(-c2ccnn3c(Br)cnc23)cc1C(=O)Nc1ccc(F)cc1. The van der Waals surface area contributed by atoms with Crippen molar-refractivity contribution in [3.8, 4) is 11.1 Å². The summed E-state index contributed by atoms with van der Waals surface area (Å²) in [5.74, 6) is -0.603. The Morgan fingerprint density at radius 1 is 1.15 bits per heavy atom. The van der Waals surface area contributed by atoms with E-state index in [4.69, 9.17) is 0 Å². The Bertz CT molecular complexity index is 1150. The molecule has 134 valence electrons. The summed E-state index contributed by atoms with van der Waals surface area (Å²) in [4.78, 5) is 17.1. The Morgan fingerprint density at radius 2 is 1.93 bits per heavy atom. The number of nitrogens with zero attached hydrogens (tertiary/aromatic N) is 3. The Morgan fingerprint density at radius 3 is 2.70 bits per heavy atom. The number of nitrogens with one attached hydrogen (secondary N) is 1. The van der Waals surface area contributed by atoms with Crippen LogP contribution in [0.3, 0.4) is 0 Å². The molecule has 0 unspecified atom stereocenters. The average Bonchev–Trinajstić information content (AvgIpc) is 3.05. The fraction of sp³-hybridized carbons (Fsp3) is 0.0500. The number of hydrogen-bond acceptors (Lipinski definition) is 3. The first-order valence-electron chi connectivity index (χ1n) is 8.19. The van der Waals surface area contributed by atoms with Gasteiger partial charge in [-0.25, -0.2) is 13.9 Å². The Balaban J connectivity index is 1.72. The predicted molar refractivity (Wildman–Crippen MR) is 105 cm³/mol. The Labute approximate surface area is 163 Å². The van der Waals surface area contributed by atoms with Crippen LogP contribution in [0.25, 0.3) is 16.8 Å². The third-order valence-corrected chi connectivity index (χ3v) is 4.80. The molecule has 2 heterocycles. The molecule has 0 atom stereocenters. The molecule has 0 spiro atoms. The molecule has 0 aliphatic heterocycles. The summed E-state index contributed by atoms with van der Waals surface area (Å²) in [6, 6.07) is 13.2. The molecule has 1 N–H and O–H groups in total. The van der Waals surface area contributed by atoms with Gasteiger partial charge in [0, 0.05) is 23.0 Å². The number of hydrogen-bond donors (Lipinski definition) is 1. The van der Waals surface area contributed by atoms with Gasteiger partial charge in [-0.2, -0.15) is 5.10 Å². The Hall–Kier alpha value is -3.06. The van der Waals surface area contributed by atoms with Crippen LogP contribution in [0.1, 0.15) is 15.9 Å². The highest BCUT2D eigenvalue weighted by molar-refractivity contribution is 9.10. The van der Waals surface area contributed by atoms with E-state index in [1.54, 1.807) is 16.9 Å². The van der Waals surface area contributed by atoms with Crippen molar-refractivity contribution in [2.24, 2.45) is 0 Å². The minimum absolute atomic E-state index is 0.254. The summed E-state index contributed by atoms with van der Waals surface area (Å²) >= 11 is 3.41. The lowest BCUT2D eigenvalue weighted by Gasteiger charge is -2.11. The quantitative estimate of drug-likeness (QED) is 0.510. The van der Waals surface area contributed by atoms with Crippen molar-refractivity contribution in [3.63, 3.8) is 0 Å². The summed E-state index contributed by atoms with van der Waals surface area (Å²) in [5.41, 5.74) is 4.33. The maximum atomic E-state index is 13.1. The predicted octanol–water partition coefficient (Wildman–Crippen LogP) is 4.86. The van der Waals surface area contributed by atoms with Crippen molar-refractivity contribution < 1.29 is 9.18 Å². The second kappa shape index (κ2) is 6.92. The lowest BCUT2D eigenvalue weighted by molar-refractivity contribution is 0.102. The molecule has 4 rings (SSSR count). The van der Waals surface area contributed by atoms with E-state index >= 15 is 0 Å². The minimum atomic E-state index is -0.348. The molecule has 27 heavy (non-hydrogen) atoms. The Kier molecular flexibility index (Phi) is 4.45. The number of imidazole rings is 1. The summed E-state index contributed by atoms with van der Waals surface area (Å²) in [7, 11) is 0. The van der Waals surface area contributed by atoms with E-state index in [-0.39, 0.29) is 11.7 Å². The van der Waals surface area contributed by atoms with E-state index in [0.717, 1.165) is 21.3 Å². The molecule has 0 saturated carbocycles. The highest BCUT2D eigenvalue weighted by Crippen LogP contribution is 2.27. The molecule has 0 aliphatic rings. The van der Waals surface area contributed by atoms with E-state index in [1.165, 1.54) is 24.3 Å². The zero-order valence-corrected chi connectivity index (χ0v) is 15.9. The molecule has 2 aromatic heterocycles. The molecule has 5 nitrogen and oxygen atoms in total. The van der Waals surface area contributed by atoms with Crippen LogP contribution in [0, 0.1) is 12.7 Å². The number of benzene rings is 2. The second-order valence-electron chi connectivity index (χ2n) is 6.05. The molecule has 0 radical (unpaired) electrons. The van der Waals surface area contributed by atoms with Crippen molar-refractivity contribution in [3.05, 3.63) is 82.5 Å². The van der Waals surface area contributed by atoms with Gasteiger partial charge in [0.15, 0.2) is 5.65 Å². The number of carbonyl (C=O) groups excluding carboxylic acids is 1. The largest absolute Gasteiger partial charge is 0.322 e. The van der Waals surface area contributed by atoms with Gasteiger partial charge in [0.05, 0.1) is 6.20 Å². The van der Waals surface area contributed by atoms with Crippen LogP contribution in [0.4, 0.5) is 10.1 Å². The van der Waals surface area contributed by atoms with Crippen LogP contribution in [-0.2, 0) is 0 Å². The van der Waals surface area contributed by atoms with Crippen LogP contribution in [-0.4, -0.2) is 20.5 Å². The number of amides is 1. The monoisotopic (exact) mass is 424 g/mol. The van der Waals surface area contributed by atoms with Crippen molar-refractivity contribution in [1.82, 2.24) is 14.6 Å². The van der Waals surface area contributed by atoms with Gasteiger partial charge in [0.25, 0.3) is 5.91 Å². The summed E-state index contributed by atoms with van der Waals surface area (Å²) in [6.07, 6.45) is 3.37. The lowest BCUT2D eigenvalue weighted by Crippen LogP contribution is -2.13. The molecule has 4 aromatic rings.